The number of rotatable bonds is 7. The van der Waals surface area contributed by atoms with Crippen LogP contribution in [0.1, 0.15) is 28.4 Å². The summed E-state index contributed by atoms with van der Waals surface area (Å²) in [5.41, 5.74) is 1.93. The van der Waals surface area contributed by atoms with Gasteiger partial charge in [-0.05, 0) is 43.7 Å². The van der Waals surface area contributed by atoms with Gasteiger partial charge in [-0.3, -0.25) is 4.99 Å². The summed E-state index contributed by atoms with van der Waals surface area (Å²) in [7, 11) is 1.45. The zero-order valence-electron chi connectivity index (χ0n) is 14.6. The summed E-state index contributed by atoms with van der Waals surface area (Å²) in [5.74, 6) is -1.52. The number of methoxy groups -OCH3 is 1. The number of aryl methyl sites for hydroxylation is 1. The molecule has 0 spiro atoms. The molecule has 26 heavy (non-hydrogen) atoms. The van der Waals surface area contributed by atoms with Gasteiger partial charge in [-0.25, -0.2) is 9.59 Å². The van der Waals surface area contributed by atoms with E-state index in [0.29, 0.717) is 17.0 Å². The number of hydrogen-bond acceptors (Lipinski definition) is 5. The average molecular weight is 357 g/mol. The number of carboxylic acids is 2. The van der Waals surface area contributed by atoms with Crippen LogP contribution in [-0.4, -0.2) is 41.6 Å². The highest BCUT2D eigenvalue weighted by Crippen LogP contribution is 2.31. The average Bonchev–Trinajstić information content (AvgIpc) is 2.61. The zero-order valence-corrected chi connectivity index (χ0v) is 14.6. The van der Waals surface area contributed by atoms with E-state index in [-0.39, 0.29) is 11.3 Å². The molecule has 7 nitrogen and oxygen atoms in total. The maximum atomic E-state index is 11.1. The Morgan fingerprint density at radius 3 is 2.54 bits per heavy atom. The summed E-state index contributed by atoms with van der Waals surface area (Å²) in [6.07, 6.45) is 0.413. The van der Waals surface area contributed by atoms with Crippen LogP contribution in [0.25, 0.3) is 0 Å². The summed E-state index contributed by atoms with van der Waals surface area (Å²) >= 11 is 0. The second-order valence-electron chi connectivity index (χ2n) is 5.54. The van der Waals surface area contributed by atoms with E-state index >= 15 is 0 Å². The van der Waals surface area contributed by atoms with Crippen molar-refractivity contribution < 1.29 is 29.3 Å². The number of nitrogens with zero attached hydrogens (tertiary/aromatic N) is 1. The number of carboxylic acid groups (broad SMARTS) is 2. The predicted octanol–water partition coefficient (Wildman–Crippen LogP) is 3.30. The van der Waals surface area contributed by atoms with Crippen molar-refractivity contribution in [1.29, 1.82) is 0 Å². The lowest BCUT2D eigenvalue weighted by molar-refractivity contribution is -0.144. The lowest BCUT2D eigenvalue weighted by atomic mass is 10.1. The maximum Gasteiger partial charge on any atom is 0.344 e. The molecule has 0 aliphatic rings. The topological polar surface area (TPSA) is 105 Å². The third-order valence-electron chi connectivity index (χ3n) is 3.67. The van der Waals surface area contributed by atoms with Gasteiger partial charge in [0.2, 0.25) is 0 Å². The number of carbonyl (C=O) groups is 2. The van der Waals surface area contributed by atoms with E-state index in [1.165, 1.54) is 32.4 Å². The molecule has 0 bridgehead atoms. The summed E-state index contributed by atoms with van der Waals surface area (Å²) in [4.78, 5) is 26.5. The molecule has 2 N–H and O–H groups in total. The van der Waals surface area contributed by atoms with E-state index < -0.39 is 18.0 Å². The highest BCUT2D eigenvalue weighted by atomic mass is 16.5. The van der Waals surface area contributed by atoms with E-state index in [9.17, 15) is 9.59 Å². The molecule has 0 unspecified atom stereocenters. The van der Waals surface area contributed by atoms with Gasteiger partial charge in [0.25, 0.3) is 0 Å². The van der Waals surface area contributed by atoms with Gasteiger partial charge in [0.1, 0.15) is 0 Å². The molecular weight excluding hydrogens is 338 g/mol. The molecule has 0 aliphatic heterocycles. The van der Waals surface area contributed by atoms with Crippen LogP contribution >= 0.6 is 0 Å². The monoisotopic (exact) mass is 357 g/mol. The lowest BCUT2D eigenvalue weighted by Crippen LogP contribution is -2.23. The first kappa shape index (κ1) is 19.0. The van der Waals surface area contributed by atoms with Gasteiger partial charge in [0.05, 0.1) is 18.4 Å². The van der Waals surface area contributed by atoms with E-state index in [0.717, 1.165) is 5.56 Å². The Morgan fingerprint density at radius 2 is 1.92 bits per heavy atom. The standard InChI is InChI=1S/C19H19NO6/c1-11-7-8-13(19(23)24)9-15(11)20-10-14-5-4-6-16(25-3)17(14)26-12(2)18(21)22/h4-10,12H,1-3H3,(H,21,22)(H,23,24)/t12-/m1/s1. The number of para-hydroxylation sites is 1. The Balaban J connectivity index is 2.43. The molecule has 136 valence electrons. The van der Waals surface area contributed by atoms with Crippen molar-refractivity contribution in [3.8, 4) is 11.5 Å². The number of benzene rings is 2. The lowest BCUT2D eigenvalue weighted by Gasteiger charge is -2.15. The molecule has 2 aromatic carbocycles. The number of hydrogen-bond donors (Lipinski definition) is 2. The third kappa shape index (κ3) is 4.38. The molecule has 0 aromatic heterocycles. The smallest absolute Gasteiger partial charge is 0.344 e. The molecule has 2 rings (SSSR count). The normalized spacial score (nSPS) is 12.0. The number of ether oxygens (including phenoxy) is 2. The van der Waals surface area contributed by atoms with Crippen LogP contribution in [-0.2, 0) is 4.79 Å². The van der Waals surface area contributed by atoms with Crippen molar-refractivity contribution in [2.45, 2.75) is 20.0 Å². The van der Waals surface area contributed by atoms with Crippen LogP contribution in [0.5, 0.6) is 11.5 Å². The largest absolute Gasteiger partial charge is 0.493 e. The Bertz CT molecular complexity index is 859. The van der Waals surface area contributed by atoms with Gasteiger partial charge in [0.15, 0.2) is 17.6 Å². The van der Waals surface area contributed by atoms with E-state index in [2.05, 4.69) is 4.99 Å². The van der Waals surface area contributed by atoms with Crippen molar-refractivity contribution in [2.75, 3.05) is 7.11 Å². The van der Waals surface area contributed by atoms with Gasteiger partial charge in [-0.2, -0.15) is 0 Å². The molecule has 0 heterocycles. The third-order valence-corrected chi connectivity index (χ3v) is 3.67. The van der Waals surface area contributed by atoms with Crippen LogP contribution in [0.15, 0.2) is 41.4 Å². The second-order valence-corrected chi connectivity index (χ2v) is 5.54. The fourth-order valence-electron chi connectivity index (χ4n) is 2.17. The van der Waals surface area contributed by atoms with E-state index in [4.69, 9.17) is 19.7 Å². The van der Waals surface area contributed by atoms with Crippen molar-refractivity contribution >= 4 is 23.8 Å². The minimum Gasteiger partial charge on any atom is -0.493 e. The van der Waals surface area contributed by atoms with Gasteiger partial charge in [-0.15, -0.1) is 0 Å². The van der Waals surface area contributed by atoms with Gasteiger partial charge >= 0.3 is 11.9 Å². The molecule has 0 saturated heterocycles. The fraction of sp³-hybridized carbons (Fsp3) is 0.211. The molecule has 1 atom stereocenters. The van der Waals surface area contributed by atoms with E-state index in [1.54, 1.807) is 24.3 Å². The van der Waals surface area contributed by atoms with Crippen LogP contribution in [0.4, 0.5) is 5.69 Å². The Hall–Kier alpha value is -3.35. The molecular formula is C19H19NO6. The van der Waals surface area contributed by atoms with E-state index in [1.807, 2.05) is 6.92 Å². The van der Waals surface area contributed by atoms with Crippen molar-refractivity contribution in [1.82, 2.24) is 0 Å². The van der Waals surface area contributed by atoms with Crippen molar-refractivity contribution in [3.05, 3.63) is 53.1 Å². The quantitative estimate of drug-likeness (QED) is 0.737. The molecule has 0 radical (unpaired) electrons. The maximum absolute atomic E-state index is 11.1. The highest BCUT2D eigenvalue weighted by molar-refractivity contribution is 5.91. The van der Waals surface area contributed by atoms with Crippen molar-refractivity contribution in [3.63, 3.8) is 0 Å². The molecule has 0 aliphatic carbocycles. The number of aliphatic imine (C=N–C) groups is 1. The molecule has 0 saturated carbocycles. The first-order valence-electron chi connectivity index (χ1n) is 7.78. The SMILES string of the molecule is COc1cccc(C=Nc2cc(C(=O)O)ccc2C)c1O[C@H](C)C(=O)O. The van der Waals surface area contributed by atoms with Gasteiger partial charge < -0.3 is 19.7 Å². The molecule has 0 fully saturated rings. The van der Waals surface area contributed by atoms with Crippen LogP contribution < -0.4 is 9.47 Å². The minimum absolute atomic E-state index is 0.129. The predicted molar refractivity (Wildman–Crippen MR) is 96.1 cm³/mol. The summed E-state index contributed by atoms with van der Waals surface area (Å²) in [5, 5.41) is 18.2. The number of aliphatic carboxylic acids is 1. The van der Waals surface area contributed by atoms with Gasteiger partial charge in [0, 0.05) is 11.8 Å². The summed E-state index contributed by atoms with van der Waals surface area (Å²) in [6.45, 7) is 3.23. The fourth-order valence-corrected chi connectivity index (χ4v) is 2.17. The first-order chi connectivity index (χ1) is 12.3. The molecule has 0 amide bonds. The van der Waals surface area contributed by atoms with Gasteiger partial charge in [-0.1, -0.05) is 12.1 Å². The molecule has 2 aromatic rings. The minimum atomic E-state index is -1.11. The van der Waals surface area contributed by atoms with Crippen LogP contribution in [0.3, 0.4) is 0 Å². The Kier molecular flexibility index (Phi) is 5.95. The zero-order chi connectivity index (χ0) is 19.3. The highest BCUT2D eigenvalue weighted by Gasteiger charge is 2.18. The van der Waals surface area contributed by atoms with Crippen LogP contribution in [0, 0.1) is 6.92 Å². The Morgan fingerprint density at radius 1 is 1.19 bits per heavy atom. The molecule has 7 heteroatoms. The first-order valence-corrected chi connectivity index (χ1v) is 7.78. The summed E-state index contributed by atoms with van der Waals surface area (Å²) in [6, 6.07) is 9.72. The number of aromatic carboxylic acids is 1. The van der Waals surface area contributed by atoms with Crippen LogP contribution in [0.2, 0.25) is 0 Å². The van der Waals surface area contributed by atoms with Crippen molar-refractivity contribution in [2.24, 2.45) is 4.99 Å². The summed E-state index contributed by atoms with van der Waals surface area (Å²) < 4.78 is 10.7. The second kappa shape index (κ2) is 8.15. The Labute approximate surface area is 150 Å².